The lowest BCUT2D eigenvalue weighted by molar-refractivity contribution is -0.274. The number of hydrogen-bond acceptors (Lipinski definition) is 4. The fraction of sp³-hybridized carbons (Fsp3) is 0.467. The van der Waals surface area contributed by atoms with Gasteiger partial charge in [-0.05, 0) is 105 Å². The third kappa shape index (κ3) is 7.21. The number of nitrogens with one attached hydrogen (secondary N) is 1. The first-order chi connectivity index (χ1) is 17.7. The third-order valence-corrected chi connectivity index (χ3v) is 7.02. The number of nitrogens with zero attached hydrogens (tertiary/aromatic N) is 2. The summed E-state index contributed by atoms with van der Waals surface area (Å²) < 4.78 is 44.0. The van der Waals surface area contributed by atoms with E-state index in [4.69, 9.17) is 4.98 Å². The molecule has 204 valence electrons. The van der Waals surface area contributed by atoms with Crippen LogP contribution in [0.15, 0.2) is 60.9 Å². The van der Waals surface area contributed by atoms with E-state index in [9.17, 15) is 18.3 Å². The van der Waals surface area contributed by atoms with Crippen LogP contribution in [0.3, 0.4) is 0 Å². The van der Waals surface area contributed by atoms with Gasteiger partial charge < -0.3 is 19.7 Å². The maximum Gasteiger partial charge on any atom is 0.573 e. The van der Waals surface area contributed by atoms with Gasteiger partial charge in [-0.1, -0.05) is 26.5 Å². The van der Waals surface area contributed by atoms with E-state index in [1.807, 2.05) is 6.08 Å². The molecule has 1 aliphatic rings. The van der Waals surface area contributed by atoms with Gasteiger partial charge in [0.1, 0.15) is 5.75 Å². The molecule has 8 heteroatoms. The minimum atomic E-state index is -4.74. The Labute approximate surface area is 222 Å². The molecule has 0 aliphatic heterocycles. The van der Waals surface area contributed by atoms with Crippen molar-refractivity contribution in [3.63, 3.8) is 0 Å². The van der Waals surface area contributed by atoms with Gasteiger partial charge in [-0.25, -0.2) is 4.98 Å². The van der Waals surface area contributed by atoms with Crippen molar-refractivity contribution in [3.05, 3.63) is 66.4 Å². The maximum atomic E-state index is 12.6. The van der Waals surface area contributed by atoms with Crippen molar-refractivity contribution in [1.29, 1.82) is 0 Å². The van der Waals surface area contributed by atoms with Gasteiger partial charge in [0.2, 0.25) is 5.95 Å². The zero-order valence-electron chi connectivity index (χ0n) is 22.4. The molecule has 1 aliphatic carbocycles. The Morgan fingerprint density at radius 2 is 1.89 bits per heavy atom. The number of alkyl halides is 3. The van der Waals surface area contributed by atoms with Crippen molar-refractivity contribution in [3.8, 4) is 5.75 Å². The first-order valence-corrected chi connectivity index (χ1v) is 12.9. The zero-order valence-corrected chi connectivity index (χ0v) is 22.4. The third-order valence-electron chi connectivity index (χ3n) is 7.02. The first kappa shape index (κ1) is 27.8. The van der Waals surface area contributed by atoms with Crippen LogP contribution >= 0.6 is 0 Å². The highest BCUT2D eigenvalue weighted by atomic mass is 19.4. The summed E-state index contributed by atoms with van der Waals surface area (Å²) in [4.78, 5) is 4.93. The van der Waals surface area contributed by atoms with Crippen LogP contribution in [0.25, 0.3) is 11.0 Å². The molecule has 0 radical (unpaired) electrons. The standard InChI is InChI=1S/C30H36F3N3O2/c1-6-7-21-16-23(19-28(2,3)18-21)36-26-13-8-20(14-15-29(4,5)37)17-25(26)35-27(36)34-22-9-11-24(12-10-22)38-30(31,32)33/h7-13,17,21,23,37H,1,14-16,18-19H2,2-5H3,(H,34,35)/t21?,23-/m0/s1. The van der Waals surface area contributed by atoms with Crippen LogP contribution in [0.4, 0.5) is 24.8 Å². The minimum Gasteiger partial charge on any atom is -0.406 e. The minimum absolute atomic E-state index is 0.0953. The number of allylic oxidation sites excluding steroid dienone is 1. The highest BCUT2D eigenvalue weighted by molar-refractivity contribution is 5.81. The van der Waals surface area contributed by atoms with Crippen LogP contribution in [0, 0.1) is 11.3 Å². The molecule has 2 aromatic carbocycles. The molecule has 0 saturated heterocycles. The summed E-state index contributed by atoms with van der Waals surface area (Å²) in [5.74, 6) is 0.686. The Kier molecular flexibility index (Phi) is 7.69. The van der Waals surface area contributed by atoms with Crippen molar-refractivity contribution < 1.29 is 23.0 Å². The Balaban J connectivity index is 1.72. The Morgan fingerprint density at radius 3 is 2.53 bits per heavy atom. The number of halogens is 3. The van der Waals surface area contributed by atoms with Crippen LogP contribution in [-0.4, -0.2) is 26.6 Å². The number of aliphatic hydroxyl groups is 1. The van der Waals surface area contributed by atoms with Gasteiger partial charge in [-0.3, -0.25) is 0 Å². The van der Waals surface area contributed by atoms with Crippen molar-refractivity contribution in [2.24, 2.45) is 11.3 Å². The normalized spacial score (nSPS) is 19.7. The summed E-state index contributed by atoms with van der Waals surface area (Å²) in [6.07, 6.45) is 1.56. The number of anilines is 2. The molecule has 38 heavy (non-hydrogen) atoms. The molecule has 4 rings (SSSR count). The van der Waals surface area contributed by atoms with Crippen LogP contribution in [0.5, 0.6) is 5.75 Å². The molecular weight excluding hydrogens is 491 g/mol. The molecular formula is C30H36F3N3O2. The molecule has 0 spiro atoms. The van der Waals surface area contributed by atoms with Crippen LogP contribution < -0.4 is 10.1 Å². The number of hydrogen-bond donors (Lipinski definition) is 2. The van der Waals surface area contributed by atoms with Gasteiger partial charge in [-0.15, -0.1) is 18.9 Å². The number of fused-ring (bicyclic) bond motifs is 1. The molecule has 1 heterocycles. The lowest BCUT2D eigenvalue weighted by Crippen LogP contribution is -2.30. The number of aromatic nitrogens is 2. The van der Waals surface area contributed by atoms with E-state index in [0.717, 1.165) is 42.3 Å². The Morgan fingerprint density at radius 1 is 1.18 bits per heavy atom. The van der Waals surface area contributed by atoms with Gasteiger partial charge >= 0.3 is 6.36 Å². The highest BCUT2D eigenvalue weighted by Crippen LogP contribution is 2.46. The lowest BCUT2D eigenvalue weighted by Gasteiger charge is -2.40. The van der Waals surface area contributed by atoms with Gasteiger partial charge in [0.25, 0.3) is 0 Å². The largest absolute Gasteiger partial charge is 0.573 e. The van der Waals surface area contributed by atoms with Gasteiger partial charge in [0, 0.05) is 11.7 Å². The molecule has 2 atom stereocenters. The summed E-state index contributed by atoms with van der Waals surface area (Å²) in [6, 6.07) is 12.0. The number of imidazole rings is 1. The van der Waals surface area contributed by atoms with E-state index in [0.29, 0.717) is 24.0 Å². The molecule has 1 unspecified atom stereocenters. The predicted molar refractivity (Wildman–Crippen MR) is 145 cm³/mol. The Hall–Kier alpha value is -3.22. The number of rotatable bonds is 8. The lowest BCUT2D eigenvalue weighted by atomic mass is 9.70. The zero-order chi connectivity index (χ0) is 27.7. The second-order valence-electron chi connectivity index (χ2n) is 11.7. The van der Waals surface area contributed by atoms with Gasteiger partial charge in [0.15, 0.2) is 0 Å². The molecule has 1 saturated carbocycles. The van der Waals surface area contributed by atoms with Crippen LogP contribution in [0.1, 0.15) is 65.0 Å². The van der Waals surface area contributed by atoms with E-state index in [2.05, 4.69) is 59.0 Å². The second kappa shape index (κ2) is 10.5. The summed E-state index contributed by atoms with van der Waals surface area (Å²) in [7, 11) is 0. The smallest absolute Gasteiger partial charge is 0.406 e. The van der Waals surface area contributed by atoms with Crippen LogP contribution in [0.2, 0.25) is 0 Å². The van der Waals surface area contributed by atoms with E-state index >= 15 is 0 Å². The summed E-state index contributed by atoms with van der Waals surface area (Å²) >= 11 is 0. The predicted octanol–water partition coefficient (Wildman–Crippen LogP) is 8.09. The molecule has 2 N–H and O–H groups in total. The fourth-order valence-corrected chi connectivity index (χ4v) is 5.51. The average Bonchev–Trinajstić information content (AvgIpc) is 3.14. The van der Waals surface area contributed by atoms with Gasteiger partial charge in [0.05, 0.1) is 16.6 Å². The average molecular weight is 528 g/mol. The highest BCUT2D eigenvalue weighted by Gasteiger charge is 2.36. The molecule has 1 aromatic heterocycles. The topological polar surface area (TPSA) is 59.3 Å². The van der Waals surface area contributed by atoms with E-state index in [-0.39, 0.29) is 17.2 Å². The van der Waals surface area contributed by atoms with E-state index in [1.54, 1.807) is 26.0 Å². The van der Waals surface area contributed by atoms with Gasteiger partial charge in [-0.2, -0.15) is 0 Å². The number of ether oxygens (including phenoxy) is 1. The van der Waals surface area contributed by atoms with Crippen molar-refractivity contribution >= 4 is 22.7 Å². The van der Waals surface area contributed by atoms with E-state index in [1.165, 1.54) is 12.1 Å². The molecule has 5 nitrogen and oxygen atoms in total. The SMILES string of the molecule is C=C=CC1C[C@H](n2c(Nc3ccc(OC(F)(F)F)cc3)nc3cc(CCC(C)(C)O)ccc32)CC(C)(C)C1. The summed E-state index contributed by atoms with van der Waals surface area (Å²) in [5, 5.41) is 13.5. The fourth-order valence-electron chi connectivity index (χ4n) is 5.51. The van der Waals surface area contributed by atoms with Crippen molar-refractivity contribution in [1.82, 2.24) is 9.55 Å². The molecule has 1 fully saturated rings. The second-order valence-corrected chi connectivity index (χ2v) is 11.7. The Bertz CT molecular complexity index is 1310. The molecule has 0 amide bonds. The molecule has 3 aromatic rings. The number of aryl methyl sites for hydroxylation is 1. The van der Waals surface area contributed by atoms with Crippen molar-refractivity contribution in [2.75, 3.05) is 5.32 Å². The molecule has 0 bridgehead atoms. The quantitative estimate of drug-likeness (QED) is 0.291. The van der Waals surface area contributed by atoms with Crippen molar-refractivity contribution in [2.45, 2.75) is 77.8 Å². The monoisotopic (exact) mass is 527 g/mol. The number of benzene rings is 2. The van der Waals surface area contributed by atoms with E-state index < -0.39 is 12.0 Å². The van der Waals surface area contributed by atoms with Crippen LogP contribution in [-0.2, 0) is 6.42 Å². The maximum absolute atomic E-state index is 12.6. The summed E-state index contributed by atoms with van der Waals surface area (Å²) in [6.45, 7) is 11.9. The summed E-state index contributed by atoms with van der Waals surface area (Å²) in [5.41, 5.74) is 5.80. The first-order valence-electron chi connectivity index (χ1n) is 12.9.